The number of halogens is 1. The number of carbonyl (C=O) groups is 1. The second-order valence-electron chi connectivity index (χ2n) is 4.32. The lowest BCUT2D eigenvalue weighted by molar-refractivity contribution is -0.294. The molecular formula is C14H16ClN2O3+. The Kier molecular flexibility index (Phi) is 4.42. The van der Waals surface area contributed by atoms with Crippen LogP contribution in [0.4, 0.5) is 0 Å². The number of imidazole rings is 1. The van der Waals surface area contributed by atoms with E-state index in [1.54, 1.807) is 19.2 Å². The lowest BCUT2D eigenvalue weighted by atomic mass is 10.0. The number of H-pyrrole nitrogens is 1. The van der Waals surface area contributed by atoms with Gasteiger partial charge in [0.1, 0.15) is 12.4 Å². The summed E-state index contributed by atoms with van der Waals surface area (Å²) in [6, 6.07) is 5.31. The maximum absolute atomic E-state index is 11.6. The van der Waals surface area contributed by atoms with Crippen LogP contribution in [0.3, 0.4) is 0 Å². The Hall–Kier alpha value is -1.85. The molecule has 0 fully saturated rings. The van der Waals surface area contributed by atoms with Crippen LogP contribution in [0.25, 0.3) is 11.3 Å². The number of hydrogen-bond donors (Lipinski definition) is 1. The van der Waals surface area contributed by atoms with Gasteiger partial charge in [-0.2, -0.15) is 0 Å². The minimum absolute atomic E-state index is 0.360. The summed E-state index contributed by atoms with van der Waals surface area (Å²) in [6.07, 6.45) is 0. The minimum atomic E-state index is -0.384. The van der Waals surface area contributed by atoms with Gasteiger partial charge >= 0.3 is 11.1 Å². The van der Waals surface area contributed by atoms with E-state index >= 15 is 0 Å². The molecule has 0 saturated carbocycles. The summed E-state index contributed by atoms with van der Waals surface area (Å²) in [7, 11) is 2.94. The highest BCUT2D eigenvalue weighted by atomic mass is 35.5. The highest BCUT2D eigenvalue weighted by Gasteiger charge is 2.19. The predicted octanol–water partition coefficient (Wildman–Crippen LogP) is 2.01. The maximum atomic E-state index is 11.6. The van der Waals surface area contributed by atoms with Crippen LogP contribution in [0.5, 0.6) is 0 Å². The SMILES string of the molecule is COCc1nc(-c2cc(C(=O)OC)ccc2C)c([ClH+])[nH]1. The van der Waals surface area contributed by atoms with Crippen molar-refractivity contribution in [2.75, 3.05) is 14.2 Å². The summed E-state index contributed by atoms with van der Waals surface area (Å²) in [5.74, 6) is 0.278. The van der Waals surface area contributed by atoms with Gasteiger partial charge in [-0.1, -0.05) is 6.07 Å². The molecule has 2 aromatic rings. The van der Waals surface area contributed by atoms with E-state index in [1.807, 2.05) is 13.0 Å². The van der Waals surface area contributed by atoms with Gasteiger partial charge in [0.05, 0.1) is 12.7 Å². The number of rotatable bonds is 4. The maximum Gasteiger partial charge on any atom is 0.337 e. The summed E-state index contributed by atoms with van der Waals surface area (Å²) < 4.78 is 9.76. The molecule has 0 aliphatic rings. The smallest absolute Gasteiger partial charge is 0.337 e. The van der Waals surface area contributed by atoms with E-state index in [1.165, 1.54) is 7.11 Å². The van der Waals surface area contributed by atoms with Crippen LogP contribution in [0, 0.1) is 18.5 Å². The quantitative estimate of drug-likeness (QED) is 0.877. The molecule has 0 unspecified atom stereocenters. The Bertz CT molecular complexity index is 637. The zero-order valence-corrected chi connectivity index (χ0v) is 12.3. The number of aryl methyl sites for hydroxylation is 1. The first-order valence-electron chi connectivity index (χ1n) is 6.01. The fourth-order valence-corrected chi connectivity index (χ4v) is 2.19. The number of esters is 1. The number of aromatic nitrogens is 2. The largest absolute Gasteiger partial charge is 0.465 e. The van der Waals surface area contributed by atoms with Crippen molar-refractivity contribution in [3.63, 3.8) is 0 Å². The van der Waals surface area contributed by atoms with Crippen LogP contribution < -0.4 is 0 Å². The average molecular weight is 296 g/mol. The zero-order valence-electron chi connectivity index (χ0n) is 11.5. The van der Waals surface area contributed by atoms with Gasteiger partial charge in [-0.3, -0.25) is 4.98 Å². The van der Waals surface area contributed by atoms with Gasteiger partial charge < -0.3 is 9.47 Å². The summed E-state index contributed by atoms with van der Waals surface area (Å²) >= 11 is 5.28. The van der Waals surface area contributed by atoms with E-state index < -0.39 is 0 Å². The van der Waals surface area contributed by atoms with E-state index in [2.05, 4.69) is 9.97 Å². The fraction of sp³-hybridized carbons (Fsp3) is 0.286. The number of nitrogens with one attached hydrogen (secondary N) is 1. The average Bonchev–Trinajstić information content (AvgIpc) is 2.79. The van der Waals surface area contributed by atoms with Crippen molar-refractivity contribution in [2.45, 2.75) is 13.5 Å². The molecule has 0 saturated heterocycles. The van der Waals surface area contributed by atoms with Gasteiger partial charge in [-0.15, -0.1) is 0 Å². The number of aromatic amines is 1. The van der Waals surface area contributed by atoms with Gasteiger partial charge in [-0.05, 0) is 24.6 Å². The van der Waals surface area contributed by atoms with E-state index in [0.29, 0.717) is 28.8 Å². The van der Waals surface area contributed by atoms with Crippen molar-refractivity contribution < 1.29 is 25.9 Å². The molecule has 0 aliphatic heterocycles. The molecule has 0 spiro atoms. The minimum Gasteiger partial charge on any atom is -0.465 e. The Balaban J connectivity index is 2.48. The van der Waals surface area contributed by atoms with Crippen LogP contribution in [-0.4, -0.2) is 30.2 Å². The number of benzene rings is 1. The summed E-state index contributed by atoms with van der Waals surface area (Å²) in [5, 5.41) is 0.530. The molecule has 2 rings (SSSR count). The molecule has 5 nitrogen and oxygen atoms in total. The summed E-state index contributed by atoms with van der Waals surface area (Å²) in [5.41, 5.74) is 2.92. The zero-order chi connectivity index (χ0) is 14.7. The fourth-order valence-electron chi connectivity index (χ4n) is 1.91. The molecule has 0 bridgehead atoms. The van der Waals surface area contributed by atoms with Crippen LogP contribution >= 0.6 is 0 Å². The highest BCUT2D eigenvalue weighted by Crippen LogP contribution is 2.27. The van der Waals surface area contributed by atoms with E-state index in [4.69, 9.17) is 21.1 Å². The number of methoxy groups -OCH3 is 2. The lowest BCUT2D eigenvalue weighted by Gasteiger charge is -2.05. The first kappa shape index (κ1) is 14.6. The molecule has 0 amide bonds. The standard InChI is InChI=1S/C14H16ClN2O3/c1-8-4-5-9(14(18)20-3)6-10(8)12-13(15)17-11(16-12)7-19-2/h4-6,15H,7H2,1-3H3,(H,16,17)/q+1. The van der Waals surface area contributed by atoms with Gasteiger partial charge in [0.2, 0.25) is 0 Å². The second kappa shape index (κ2) is 6.07. The Morgan fingerprint density at radius 3 is 2.80 bits per heavy atom. The predicted molar refractivity (Wildman–Crippen MR) is 71.4 cm³/mol. The van der Waals surface area contributed by atoms with E-state index in [9.17, 15) is 4.79 Å². The van der Waals surface area contributed by atoms with Crippen molar-refractivity contribution in [3.8, 4) is 11.3 Å². The second-order valence-corrected chi connectivity index (χ2v) is 4.72. The van der Waals surface area contributed by atoms with Crippen LogP contribution in [0.1, 0.15) is 21.7 Å². The Morgan fingerprint density at radius 2 is 2.15 bits per heavy atom. The van der Waals surface area contributed by atoms with Crippen molar-refractivity contribution in [1.29, 1.82) is 0 Å². The number of nitrogens with zero attached hydrogens (tertiary/aromatic N) is 1. The third-order valence-electron chi connectivity index (χ3n) is 2.91. The third-order valence-corrected chi connectivity index (χ3v) is 3.21. The molecule has 1 aromatic carbocycles. The lowest BCUT2D eigenvalue weighted by Crippen LogP contribution is -2.02. The first-order valence-corrected chi connectivity index (χ1v) is 6.41. The molecule has 106 valence electrons. The van der Waals surface area contributed by atoms with Crippen molar-refractivity contribution in [3.05, 3.63) is 40.3 Å². The van der Waals surface area contributed by atoms with Crippen LogP contribution in [-0.2, 0) is 16.1 Å². The molecule has 20 heavy (non-hydrogen) atoms. The molecule has 1 heterocycles. The number of hydrogen-bond acceptors (Lipinski definition) is 4. The first-order chi connectivity index (χ1) is 9.56. The van der Waals surface area contributed by atoms with Crippen molar-refractivity contribution in [1.82, 2.24) is 9.97 Å². The summed E-state index contributed by atoms with van der Waals surface area (Å²) in [4.78, 5) is 19.0. The molecule has 0 aliphatic carbocycles. The molecule has 0 atom stereocenters. The van der Waals surface area contributed by atoms with Gasteiger partial charge in [-0.25, -0.2) is 9.78 Å². The summed E-state index contributed by atoms with van der Waals surface area (Å²) in [6.45, 7) is 2.30. The monoisotopic (exact) mass is 295 g/mol. The van der Waals surface area contributed by atoms with Crippen LogP contribution in [0.15, 0.2) is 18.2 Å². The molecular weight excluding hydrogens is 280 g/mol. The van der Waals surface area contributed by atoms with Gasteiger partial charge in [0.15, 0.2) is 17.3 Å². The number of carbonyl (C=O) groups excluding carboxylic acids is 1. The van der Waals surface area contributed by atoms with E-state index in [0.717, 1.165) is 11.1 Å². The molecule has 1 N–H and O–H groups in total. The van der Waals surface area contributed by atoms with Gasteiger partial charge in [0, 0.05) is 12.7 Å². The topological polar surface area (TPSA) is 64.2 Å². The van der Waals surface area contributed by atoms with Crippen molar-refractivity contribution >= 4 is 5.97 Å². The highest BCUT2D eigenvalue weighted by molar-refractivity contribution is 5.91. The molecule has 0 radical (unpaired) electrons. The Labute approximate surface area is 121 Å². The molecule has 6 heteroatoms. The third kappa shape index (κ3) is 2.84. The van der Waals surface area contributed by atoms with Gasteiger partial charge in [0.25, 0.3) is 0 Å². The van der Waals surface area contributed by atoms with Crippen molar-refractivity contribution in [2.24, 2.45) is 0 Å². The van der Waals surface area contributed by atoms with E-state index in [-0.39, 0.29) is 5.97 Å². The normalized spacial score (nSPS) is 10.6. The Morgan fingerprint density at radius 1 is 1.40 bits per heavy atom. The number of ether oxygens (including phenoxy) is 2. The van der Waals surface area contributed by atoms with Crippen LogP contribution in [0.2, 0.25) is 5.15 Å². The molecule has 1 aromatic heterocycles.